The van der Waals surface area contributed by atoms with E-state index in [1.165, 1.54) is 19.1 Å². The van der Waals surface area contributed by atoms with Crippen molar-refractivity contribution in [1.82, 2.24) is 0 Å². The maximum atomic E-state index is 13.4. The van der Waals surface area contributed by atoms with Gasteiger partial charge in [0, 0.05) is 16.5 Å². The van der Waals surface area contributed by atoms with E-state index in [-0.39, 0.29) is 26.9 Å². The average molecular weight is 597 g/mol. The van der Waals surface area contributed by atoms with Gasteiger partial charge in [0.1, 0.15) is 11.0 Å². The Morgan fingerprint density at radius 3 is 2.23 bits per heavy atom. The number of hydrogen-bond acceptors (Lipinski definition) is 6. The Morgan fingerprint density at radius 2 is 1.62 bits per heavy atom. The lowest BCUT2D eigenvalue weighted by molar-refractivity contribution is -0.115. The highest BCUT2D eigenvalue weighted by Gasteiger charge is 2.30. The molecule has 0 radical (unpaired) electrons. The molecule has 1 unspecified atom stereocenters. The third kappa shape index (κ3) is 7.71. The van der Waals surface area contributed by atoms with Gasteiger partial charge in [-0.25, -0.2) is 17.2 Å². The van der Waals surface area contributed by atoms with Gasteiger partial charge in [-0.2, -0.15) is 0 Å². The number of nitrogens with one attached hydrogen (secondary N) is 2. The maximum absolute atomic E-state index is 13.4. The van der Waals surface area contributed by atoms with Gasteiger partial charge in [-0.3, -0.25) is 9.59 Å². The SMILES string of the molecule is CC(C)CCSc1ccc(S(=O)(=O)C(C)C(=O)Nc2cc(O)c(NC(=O)c3ccc(F)c(F)c3)cc2Cl)cc1. The van der Waals surface area contributed by atoms with Crippen LogP contribution in [0.4, 0.5) is 20.2 Å². The molecule has 3 aromatic carbocycles. The van der Waals surface area contributed by atoms with Gasteiger partial charge in [0.2, 0.25) is 5.91 Å². The summed E-state index contributed by atoms with van der Waals surface area (Å²) in [7, 11) is -4.03. The number of aromatic hydroxyl groups is 1. The molecule has 0 aliphatic heterocycles. The highest BCUT2D eigenvalue weighted by Crippen LogP contribution is 2.34. The lowest BCUT2D eigenvalue weighted by Gasteiger charge is -2.16. The number of rotatable bonds is 10. The van der Waals surface area contributed by atoms with Crippen molar-refractivity contribution < 1.29 is 31.9 Å². The number of halogens is 3. The van der Waals surface area contributed by atoms with Crippen LogP contribution in [-0.4, -0.2) is 36.3 Å². The number of benzene rings is 3. The third-order valence-electron chi connectivity index (χ3n) is 5.72. The fraction of sp³-hybridized carbons (Fsp3) is 0.259. The van der Waals surface area contributed by atoms with Crippen LogP contribution in [0.3, 0.4) is 0 Å². The lowest BCUT2D eigenvalue weighted by Crippen LogP contribution is -2.32. The number of phenolic OH excluding ortho intramolecular Hbond substituents is 1. The van der Waals surface area contributed by atoms with Gasteiger partial charge in [-0.15, -0.1) is 11.8 Å². The van der Waals surface area contributed by atoms with Crippen LogP contribution >= 0.6 is 23.4 Å². The van der Waals surface area contributed by atoms with Crippen molar-refractivity contribution in [2.24, 2.45) is 5.92 Å². The summed E-state index contributed by atoms with van der Waals surface area (Å²) in [5.41, 5.74) is -0.466. The van der Waals surface area contributed by atoms with E-state index in [1.807, 2.05) is 0 Å². The number of carbonyl (C=O) groups is 2. The first-order valence-corrected chi connectivity index (χ1v) is 14.8. The van der Waals surface area contributed by atoms with Crippen LogP contribution in [0.1, 0.15) is 37.6 Å². The van der Waals surface area contributed by atoms with E-state index in [2.05, 4.69) is 24.5 Å². The summed E-state index contributed by atoms with van der Waals surface area (Å²) in [6, 6.07) is 11.0. The molecule has 0 bridgehead atoms. The van der Waals surface area contributed by atoms with Crippen molar-refractivity contribution >= 4 is 56.4 Å². The zero-order valence-electron chi connectivity index (χ0n) is 21.3. The molecule has 3 rings (SSSR count). The lowest BCUT2D eigenvalue weighted by atomic mass is 10.2. The van der Waals surface area contributed by atoms with Crippen LogP contribution < -0.4 is 10.6 Å². The predicted molar refractivity (Wildman–Crippen MR) is 149 cm³/mol. The minimum atomic E-state index is -4.03. The van der Waals surface area contributed by atoms with E-state index in [9.17, 15) is 31.9 Å². The number of thioether (sulfide) groups is 1. The zero-order valence-corrected chi connectivity index (χ0v) is 23.7. The van der Waals surface area contributed by atoms with Crippen molar-refractivity contribution in [3.8, 4) is 5.75 Å². The summed E-state index contributed by atoms with van der Waals surface area (Å²) < 4.78 is 52.6. The van der Waals surface area contributed by atoms with Crippen LogP contribution in [0.25, 0.3) is 0 Å². The van der Waals surface area contributed by atoms with E-state index in [1.54, 1.807) is 23.9 Å². The fourth-order valence-electron chi connectivity index (χ4n) is 3.31. The molecule has 0 saturated heterocycles. The summed E-state index contributed by atoms with van der Waals surface area (Å²) in [6.07, 6.45) is 1.03. The van der Waals surface area contributed by atoms with Crippen LogP contribution in [0.5, 0.6) is 5.75 Å². The topological polar surface area (TPSA) is 113 Å². The second-order valence-electron chi connectivity index (χ2n) is 9.11. The summed E-state index contributed by atoms with van der Waals surface area (Å²) in [5.74, 6) is -3.11. The van der Waals surface area contributed by atoms with Gasteiger partial charge in [-0.05, 0) is 73.5 Å². The summed E-state index contributed by atoms with van der Waals surface area (Å²) in [5, 5.41) is 13.4. The molecule has 208 valence electrons. The minimum absolute atomic E-state index is 0.0115. The summed E-state index contributed by atoms with van der Waals surface area (Å²) in [4.78, 5) is 26.1. The Bertz CT molecular complexity index is 1480. The molecule has 3 N–H and O–H groups in total. The molecule has 7 nitrogen and oxygen atoms in total. The van der Waals surface area contributed by atoms with Crippen molar-refractivity contribution in [1.29, 1.82) is 0 Å². The number of sulfone groups is 1. The Hall–Kier alpha value is -3.15. The number of phenols is 1. The van der Waals surface area contributed by atoms with E-state index >= 15 is 0 Å². The molecule has 0 heterocycles. The largest absolute Gasteiger partial charge is 0.506 e. The van der Waals surface area contributed by atoms with Crippen molar-refractivity contribution in [3.05, 3.63) is 76.8 Å². The smallest absolute Gasteiger partial charge is 0.255 e. The first-order chi connectivity index (χ1) is 18.3. The van der Waals surface area contributed by atoms with Crippen molar-refractivity contribution in [2.75, 3.05) is 16.4 Å². The van der Waals surface area contributed by atoms with E-state index < -0.39 is 44.3 Å². The average Bonchev–Trinajstić information content (AvgIpc) is 2.88. The predicted octanol–water partition coefficient (Wildman–Crippen LogP) is 6.52. The Kier molecular flexibility index (Phi) is 9.98. The van der Waals surface area contributed by atoms with Gasteiger partial charge in [0.25, 0.3) is 5.91 Å². The summed E-state index contributed by atoms with van der Waals surface area (Å²) in [6.45, 7) is 5.49. The molecular weight excluding hydrogens is 570 g/mol. The van der Waals surface area contributed by atoms with Gasteiger partial charge in [-0.1, -0.05) is 25.4 Å². The maximum Gasteiger partial charge on any atom is 0.255 e. The Labute approximate surface area is 234 Å². The molecule has 2 amide bonds. The first-order valence-electron chi connectivity index (χ1n) is 11.9. The van der Waals surface area contributed by atoms with Gasteiger partial charge >= 0.3 is 0 Å². The molecular formula is C27H27ClF2N2O5S2. The molecule has 0 aliphatic rings. The zero-order chi connectivity index (χ0) is 28.9. The van der Waals surface area contributed by atoms with Gasteiger partial charge in [0.15, 0.2) is 21.5 Å². The van der Waals surface area contributed by atoms with E-state index in [4.69, 9.17) is 11.6 Å². The quantitative estimate of drug-likeness (QED) is 0.182. The number of anilines is 2. The fourth-order valence-corrected chi connectivity index (χ4v) is 5.94. The van der Waals surface area contributed by atoms with Crippen molar-refractivity contribution in [3.63, 3.8) is 0 Å². The number of hydrogen-bond donors (Lipinski definition) is 3. The monoisotopic (exact) mass is 596 g/mol. The van der Waals surface area contributed by atoms with Crippen LogP contribution in [-0.2, 0) is 14.6 Å². The Balaban J connectivity index is 1.69. The second kappa shape index (κ2) is 12.8. The van der Waals surface area contributed by atoms with Crippen molar-refractivity contribution in [2.45, 2.75) is 42.2 Å². The highest BCUT2D eigenvalue weighted by atomic mass is 35.5. The first kappa shape index (κ1) is 30.4. The molecule has 0 spiro atoms. The Morgan fingerprint density at radius 1 is 0.949 bits per heavy atom. The van der Waals surface area contributed by atoms with Crippen LogP contribution in [0.15, 0.2) is 64.4 Å². The number of carbonyl (C=O) groups excluding carboxylic acids is 2. The van der Waals surface area contributed by atoms with Gasteiger partial charge in [0.05, 0.1) is 21.3 Å². The molecule has 0 fully saturated rings. The highest BCUT2D eigenvalue weighted by molar-refractivity contribution is 7.99. The number of amides is 2. The van der Waals surface area contributed by atoms with E-state index in [0.717, 1.165) is 41.3 Å². The normalized spacial score (nSPS) is 12.3. The second-order valence-corrected chi connectivity index (χ2v) is 13.0. The standard InChI is InChI=1S/C27H27ClF2N2O5S2/c1-15(2)10-11-38-18-5-7-19(8-6-18)39(36,37)16(3)26(34)31-23-14-25(33)24(13-20(23)28)32-27(35)17-4-9-21(29)22(30)12-17/h4-9,12-16,33H,10-11H2,1-3H3,(H,31,34)(H,32,35). The van der Waals surface area contributed by atoms with Crippen LogP contribution in [0.2, 0.25) is 5.02 Å². The molecule has 39 heavy (non-hydrogen) atoms. The molecule has 1 atom stereocenters. The van der Waals surface area contributed by atoms with E-state index in [0.29, 0.717) is 12.0 Å². The summed E-state index contributed by atoms with van der Waals surface area (Å²) >= 11 is 7.82. The minimum Gasteiger partial charge on any atom is -0.506 e. The van der Waals surface area contributed by atoms with Crippen LogP contribution in [0, 0.1) is 17.6 Å². The molecule has 0 saturated carbocycles. The molecule has 0 aromatic heterocycles. The molecule has 0 aliphatic carbocycles. The molecule has 12 heteroatoms. The third-order valence-corrected chi connectivity index (χ3v) is 9.16. The van der Waals surface area contributed by atoms with Gasteiger partial charge < -0.3 is 15.7 Å². The molecule has 3 aromatic rings.